The summed E-state index contributed by atoms with van der Waals surface area (Å²) in [4.78, 5) is 18.4. The van der Waals surface area contributed by atoms with E-state index in [1.807, 2.05) is 64.1 Å². The second kappa shape index (κ2) is 7.84. The maximum atomic E-state index is 12.5. The molecule has 2 heterocycles. The number of carbonyl (C=O) groups excluding carboxylic acids is 1. The Balaban J connectivity index is 1.60. The minimum absolute atomic E-state index is 0.178. The molecule has 0 spiro atoms. The maximum Gasteiger partial charge on any atom is 0.318 e. The molecule has 0 saturated carbocycles. The molecule has 148 valence electrons. The fourth-order valence-electron chi connectivity index (χ4n) is 2.60. The standard InChI is InChI=1S/C20H26N6O2/c1-13(15-11-16(24-23-15)14-9-7-6-8-10-14)26(5)19(27)21-12-17-22-18(25-28-17)20(2,3)4/h6-11,13H,12H2,1-5H3,(H,21,27)(H,23,24)/t13-/m1/s1. The number of carbonyl (C=O) groups is 1. The summed E-state index contributed by atoms with van der Waals surface area (Å²) >= 11 is 0. The van der Waals surface area contributed by atoms with Crippen molar-refractivity contribution in [1.29, 1.82) is 0 Å². The first-order chi connectivity index (χ1) is 13.3. The smallest absolute Gasteiger partial charge is 0.318 e. The molecule has 1 atom stereocenters. The molecule has 1 aromatic carbocycles. The maximum absolute atomic E-state index is 12.5. The average Bonchev–Trinajstić information content (AvgIpc) is 3.35. The van der Waals surface area contributed by atoms with Crippen LogP contribution in [0.4, 0.5) is 4.79 Å². The van der Waals surface area contributed by atoms with Crippen molar-refractivity contribution in [2.24, 2.45) is 0 Å². The number of aromatic amines is 1. The van der Waals surface area contributed by atoms with Crippen molar-refractivity contribution in [3.05, 3.63) is 53.8 Å². The van der Waals surface area contributed by atoms with Crippen molar-refractivity contribution in [3.63, 3.8) is 0 Å². The summed E-state index contributed by atoms with van der Waals surface area (Å²) in [6.45, 7) is 8.13. The van der Waals surface area contributed by atoms with Gasteiger partial charge in [0.15, 0.2) is 5.82 Å². The Hall–Kier alpha value is -3.16. The van der Waals surface area contributed by atoms with E-state index in [9.17, 15) is 4.79 Å². The van der Waals surface area contributed by atoms with E-state index in [-0.39, 0.29) is 24.0 Å². The molecule has 8 nitrogen and oxygen atoms in total. The minimum Gasteiger partial charge on any atom is -0.337 e. The highest BCUT2D eigenvalue weighted by Gasteiger charge is 2.23. The number of benzene rings is 1. The van der Waals surface area contributed by atoms with Gasteiger partial charge in [0.1, 0.15) is 0 Å². The first-order valence-electron chi connectivity index (χ1n) is 9.20. The van der Waals surface area contributed by atoms with Crippen LogP contribution in [0.2, 0.25) is 0 Å². The van der Waals surface area contributed by atoms with Gasteiger partial charge in [0.2, 0.25) is 5.89 Å². The van der Waals surface area contributed by atoms with E-state index < -0.39 is 0 Å². The van der Waals surface area contributed by atoms with Gasteiger partial charge >= 0.3 is 6.03 Å². The van der Waals surface area contributed by atoms with Crippen molar-refractivity contribution in [2.45, 2.75) is 45.7 Å². The van der Waals surface area contributed by atoms with Gasteiger partial charge in [-0.2, -0.15) is 10.1 Å². The highest BCUT2D eigenvalue weighted by atomic mass is 16.5. The van der Waals surface area contributed by atoms with Gasteiger partial charge in [0, 0.05) is 18.0 Å². The van der Waals surface area contributed by atoms with E-state index in [2.05, 4.69) is 25.7 Å². The summed E-state index contributed by atoms with van der Waals surface area (Å²) in [5.41, 5.74) is 2.52. The number of amides is 2. The van der Waals surface area contributed by atoms with Crippen LogP contribution in [0.25, 0.3) is 11.3 Å². The van der Waals surface area contributed by atoms with Gasteiger partial charge < -0.3 is 14.7 Å². The summed E-state index contributed by atoms with van der Waals surface area (Å²) in [7, 11) is 1.73. The Morgan fingerprint density at radius 3 is 2.64 bits per heavy atom. The van der Waals surface area contributed by atoms with E-state index >= 15 is 0 Å². The van der Waals surface area contributed by atoms with Crippen molar-refractivity contribution in [1.82, 2.24) is 30.6 Å². The monoisotopic (exact) mass is 382 g/mol. The third-order valence-electron chi connectivity index (χ3n) is 4.55. The number of urea groups is 1. The van der Waals surface area contributed by atoms with E-state index in [0.29, 0.717) is 11.7 Å². The van der Waals surface area contributed by atoms with E-state index in [1.54, 1.807) is 11.9 Å². The molecule has 3 aromatic rings. The zero-order chi connectivity index (χ0) is 20.3. The normalized spacial score (nSPS) is 12.6. The SMILES string of the molecule is C[C@H](c1cc(-c2ccccc2)n[nH]1)N(C)C(=O)NCc1nc(C(C)(C)C)no1. The lowest BCUT2D eigenvalue weighted by Gasteiger charge is -2.23. The number of nitrogens with one attached hydrogen (secondary N) is 2. The van der Waals surface area contributed by atoms with Gasteiger partial charge in [-0.05, 0) is 13.0 Å². The van der Waals surface area contributed by atoms with E-state index in [4.69, 9.17) is 4.52 Å². The number of hydrogen-bond acceptors (Lipinski definition) is 5. The van der Waals surface area contributed by atoms with Crippen molar-refractivity contribution >= 4 is 6.03 Å². The molecule has 0 saturated heterocycles. The molecule has 0 aliphatic carbocycles. The fourth-order valence-corrected chi connectivity index (χ4v) is 2.60. The first kappa shape index (κ1) is 19.6. The van der Waals surface area contributed by atoms with Crippen LogP contribution in [-0.4, -0.2) is 38.3 Å². The van der Waals surface area contributed by atoms with Crippen LogP contribution in [0.5, 0.6) is 0 Å². The number of aromatic nitrogens is 4. The van der Waals surface area contributed by atoms with Gasteiger partial charge in [0.25, 0.3) is 0 Å². The predicted molar refractivity (Wildman–Crippen MR) is 105 cm³/mol. The van der Waals surface area contributed by atoms with Crippen LogP contribution in [0.1, 0.15) is 51.1 Å². The number of hydrogen-bond donors (Lipinski definition) is 2. The highest BCUT2D eigenvalue weighted by molar-refractivity contribution is 5.74. The van der Waals surface area contributed by atoms with Gasteiger partial charge in [-0.15, -0.1) is 0 Å². The molecule has 0 unspecified atom stereocenters. The Kier molecular flexibility index (Phi) is 5.48. The van der Waals surface area contributed by atoms with Crippen molar-refractivity contribution < 1.29 is 9.32 Å². The Bertz CT molecular complexity index is 926. The number of rotatable bonds is 5. The highest BCUT2D eigenvalue weighted by Crippen LogP contribution is 2.23. The average molecular weight is 382 g/mol. The van der Waals surface area contributed by atoms with Crippen molar-refractivity contribution in [3.8, 4) is 11.3 Å². The van der Waals surface area contributed by atoms with E-state index in [0.717, 1.165) is 17.0 Å². The molecule has 0 radical (unpaired) electrons. The Morgan fingerprint density at radius 2 is 2.00 bits per heavy atom. The second-order valence-corrected chi connectivity index (χ2v) is 7.78. The van der Waals surface area contributed by atoms with Gasteiger partial charge in [-0.3, -0.25) is 5.10 Å². The molecule has 0 aliphatic rings. The molecule has 28 heavy (non-hydrogen) atoms. The predicted octanol–water partition coefficient (Wildman–Crippen LogP) is 3.66. The lowest BCUT2D eigenvalue weighted by molar-refractivity contribution is 0.191. The van der Waals surface area contributed by atoms with E-state index in [1.165, 1.54) is 0 Å². The summed E-state index contributed by atoms with van der Waals surface area (Å²) in [6, 6.07) is 11.4. The molecule has 8 heteroatoms. The molecule has 0 aliphatic heterocycles. The van der Waals surface area contributed by atoms with Crippen LogP contribution < -0.4 is 5.32 Å². The third-order valence-corrected chi connectivity index (χ3v) is 4.55. The van der Waals surface area contributed by atoms with Gasteiger partial charge in [-0.1, -0.05) is 56.3 Å². The van der Waals surface area contributed by atoms with Crippen LogP contribution in [-0.2, 0) is 12.0 Å². The fraction of sp³-hybridized carbons (Fsp3) is 0.400. The van der Waals surface area contributed by atoms with Crippen LogP contribution >= 0.6 is 0 Å². The molecule has 2 aromatic heterocycles. The molecule has 2 N–H and O–H groups in total. The number of H-pyrrole nitrogens is 1. The molecular weight excluding hydrogens is 356 g/mol. The van der Waals surface area contributed by atoms with Crippen molar-refractivity contribution in [2.75, 3.05) is 7.05 Å². The topological polar surface area (TPSA) is 99.9 Å². The summed E-state index contributed by atoms with van der Waals surface area (Å²) in [6.07, 6.45) is 0. The molecule has 0 fully saturated rings. The Morgan fingerprint density at radius 1 is 1.29 bits per heavy atom. The van der Waals surface area contributed by atoms with Crippen LogP contribution in [0.15, 0.2) is 40.9 Å². The number of nitrogens with zero attached hydrogens (tertiary/aromatic N) is 4. The second-order valence-electron chi connectivity index (χ2n) is 7.78. The largest absolute Gasteiger partial charge is 0.337 e. The first-order valence-corrected chi connectivity index (χ1v) is 9.20. The van der Waals surface area contributed by atoms with Gasteiger partial charge in [-0.25, -0.2) is 4.79 Å². The Labute approximate surface area is 164 Å². The third kappa shape index (κ3) is 4.39. The molecule has 0 bridgehead atoms. The molecule has 2 amide bonds. The molecule has 3 rings (SSSR count). The molecular formula is C20H26N6O2. The zero-order valence-corrected chi connectivity index (χ0v) is 16.9. The zero-order valence-electron chi connectivity index (χ0n) is 16.9. The quantitative estimate of drug-likeness (QED) is 0.701. The van der Waals surface area contributed by atoms with Crippen LogP contribution in [0, 0.1) is 0 Å². The lowest BCUT2D eigenvalue weighted by atomic mass is 9.96. The summed E-state index contributed by atoms with van der Waals surface area (Å²) < 4.78 is 5.21. The minimum atomic E-state index is -0.237. The summed E-state index contributed by atoms with van der Waals surface area (Å²) in [5, 5.41) is 14.1. The van der Waals surface area contributed by atoms with Crippen LogP contribution in [0.3, 0.4) is 0 Å². The lowest BCUT2D eigenvalue weighted by Crippen LogP contribution is -2.38. The summed E-state index contributed by atoms with van der Waals surface area (Å²) in [5.74, 6) is 0.997. The van der Waals surface area contributed by atoms with Gasteiger partial charge in [0.05, 0.1) is 24.0 Å².